The van der Waals surface area contributed by atoms with E-state index >= 15 is 0 Å². The van der Waals surface area contributed by atoms with Crippen LogP contribution in [0.5, 0.6) is 17.2 Å². The Labute approximate surface area is 315 Å². The zero-order valence-corrected chi connectivity index (χ0v) is 31.8. The molecule has 4 atom stereocenters. The third kappa shape index (κ3) is 18.8. The molecule has 0 unspecified atom stereocenters. The Morgan fingerprint density at radius 1 is 0.500 bits per heavy atom. The number of benzene rings is 2. The van der Waals surface area contributed by atoms with E-state index in [0.29, 0.717) is 17.5 Å². The van der Waals surface area contributed by atoms with Gasteiger partial charge in [-0.25, -0.2) is 14.4 Å². The lowest BCUT2D eigenvalue weighted by Gasteiger charge is -2.18. The highest BCUT2D eigenvalue weighted by atomic mass is 16.7. The van der Waals surface area contributed by atoms with E-state index in [4.69, 9.17) is 42.6 Å². The van der Waals surface area contributed by atoms with Gasteiger partial charge in [0.2, 0.25) is 0 Å². The van der Waals surface area contributed by atoms with Gasteiger partial charge in [-0.2, -0.15) is 0 Å². The van der Waals surface area contributed by atoms with Crippen LogP contribution in [0.15, 0.2) is 42.5 Å². The summed E-state index contributed by atoms with van der Waals surface area (Å²) in [6.45, 7) is 11.8. The molecule has 296 valence electrons. The van der Waals surface area contributed by atoms with Crippen molar-refractivity contribution in [2.24, 2.45) is 0 Å². The summed E-state index contributed by atoms with van der Waals surface area (Å²) in [6, 6.07) is 10.8. The molecule has 0 bridgehead atoms. The molecule has 0 aromatic heterocycles. The van der Waals surface area contributed by atoms with Gasteiger partial charge >= 0.3 is 36.4 Å². The number of rotatable bonds is 20. The van der Waals surface area contributed by atoms with Crippen molar-refractivity contribution in [1.29, 1.82) is 0 Å². The molecule has 2 rings (SSSR count). The van der Waals surface area contributed by atoms with Gasteiger partial charge < -0.3 is 42.6 Å². The smallest absolute Gasteiger partial charge is 0.466 e. The summed E-state index contributed by atoms with van der Waals surface area (Å²) in [6.07, 6.45) is -0.422. The van der Waals surface area contributed by atoms with E-state index < -0.39 is 42.9 Å². The van der Waals surface area contributed by atoms with Crippen molar-refractivity contribution in [3.05, 3.63) is 53.6 Å². The second kappa shape index (κ2) is 23.9. The van der Waals surface area contributed by atoms with E-state index in [0.717, 1.165) is 0 Å². The second-order valence-corrected chi connectivity index (χ2v) is 12.1. The summed E-state index contributed by atoms with van der Waals surface area (Å²) in [5.41, 5.74) is 1.15. The summed E-state index contributed by atoms with van der Waals surface area (Å²) in [5.74, 6) is -0.874. The van der Waals surface area contributed by atoms with Crippen molar-refractivity contribution in [2.45, 2.75) is 111 Å². The average molecular weight is 759 g/mol. The van der Waals surface area contributed by atoms with Crippen molar-refractivity contribution >= 4 is 48.5 Å². The first-order valence-electron chi connectivity index (χ1n) is 17.8. The summed E-state index contributed by atoms with van der Waals surface area (Å²) in [7, 11) is 0. The van der Waals surface area contributed by atoms with Crippen molar-refractivity contribution in [3.8, 4) is 17.2 Å². The fraction of sp³-hybridized carbons (Fsp3) is 0.487. The van der Waals surface area contributed by atoms with Crippen LogP contribution in [0.2, 0.25) is 0 Å². The second-order valence-electron chi connectivity index (χ2n) is 12.1. The molecule has 0 radical (unpaired) electrons. The fourth-order valence-electron chi connectivity index (χ4n) is 4.37. The molecule has 0 aliphatic heterocycles. The van der Waals surface area contributed by atoms with Gasteiger partial charge in [0.05, 0.1) is 13.2 Å². The average Bonchev–Trinajstić information content (AvgIpc) is 3.10. The molecule has 0 saturated carbocycles. The Bertz CT molecular complexity index is 1570. The standard InChI is InChI=1S/C39H50O15/c1-8-34(40)46-19-17-25(4)49-37(43)52-31-15-13-29(14-16-31)11-12-30-22-32(53-38(44)50-26(5)18-20-47-35(41)9-2)24-33(23-30)54-39(45)51-28(7)21-27(6)48-36(42)10-3/h11-16,22-28H,8-10,17-21H2,1-7H3/b12-11+/t25-,26-,27-,28-/m1/s1. The first-order chi connectivity index (χ1) is 25.7. The van der Waals surface area contributed by atoms with Crippen LogP contribution in [0.1, 0.15) is 98.1 Å². The zero-order chi connectivity index (χ0) is 40.0. The predicted molar refractivity (Wildman–Crippen MR) is 194 cm³/mol. The quantitative estimate of drug-likeness (QED) is 0.0547. The Morgan fingerprint density at radius 2 is 0.907 bits per heavy atom. The molecule has 0 spiro atoms. The summed E-state index contributed by atoms with van der Waals surface area (Å²) in [5, 5.41) is 0. The van der Waals surface area contributed by atoms with E-state index in [1.54, 1.807) is 84.9 Å². The van der Waals surface area contributed by atoms with Gasteiger partial charge in [0, 0.05) is 44.6 Å². The Morgan fingerprint density at radius 3 is 1.37 bits per heavy atom. The van der Waals surface area contributed by atoms with Gasteiger partial charge in [0.15, 0.2) is 0 Å². The van der Waals surface area contributed by atoms with Crippen LogP contribution in [0.3, 0.4) is 0 Å². The van der Waals surface area contributed by atoms with E-state index in [-0.39, 0.29) is 80.5 Å². The highest BCUT2D eigenvalue weighted by Gasteiger charge is 2.19. The zero-order valence-electron chi connectivity index (χ0n) is 31.8. The third-order valence-corrected chi connectivity index (χ3v) is 7.18. The molecule has 2 aromatic rings. The van der Waals surface area contributed by atoms with Crippen molar-refractivity contribution in [3.63, 3.8) is 0 Å². The van der Waals surface area contributed by atoms with Gasteiger partial charge in [-0.05, 0) is 63.1 Å². The molecule has 15 heteroatoms. The first-order valence-corrected chi connectivity index (χ1v) is 17.8. The highest BCUT2D eigenvalue weighted by Crippen LogP contribution is 2.26. The summed E-state index contributed by atoms with van der Waals surface area (Å²) < 4.78 is 47.1. The van der Waals surface area contributed by atoms with E-state index in [2.05, 4.69) is 0 Å². The molecule has 54 heavy (non-hydrogen) atoms. The minimum absolute atomic E-state index is 0.0114. The molecule has 0 heterocycles. The lowest BCUT2D eigenvalue weighted by atomic mass is 10.1. The number of esters is 3. The molecule has 0 N–H and O–H groups in total. The van der Waals surface area contributed by atoms with Gasteiger partial charge in [-0.3, -0.25) is 14.4 Å². The molecule has 0 aliphatic carbocycles. The van der Waals surface area contributed by atoms with E-state index in [1.165, 1.54) is 18.2 Å². The Hall–Kier alpha value is -5.60. The Balaban J connectivity index is 2.12. The number of hydrogen-bond acceptors (Lipinski definition) is 15. The Kier molecular flexibility index (Phi) is 19.7. The van der Waals surface area contributed by atoms with Crippen LogP contribution in [-0.4, -0.2) is 74.0 Å². The SMILES string of the molecule is CCC(=O)OCC[C@@H](C)OC(=O)Oc1ccc(/C=C/c2cc(OC(=O)O[C@H](C)CCOC(=O)CC)cc(OC(=O)O[C@H](C)C[C@@H](C)OC(=O)CC)c2)cc1. The van der Waals surface area contributed by atoms with Crippen LogP contribution < -0.4 is 14.2 Å². The molecule has 0 saturated heterocycles. The largest absolute Gasteiger partial charge is 0.514 e. The predicted octanol–water partition coefficient (Wildman–Crippen LogP) is 7.99. The van der Waals surface area contributed by atoms with Gasteiger partial charge in [0.1, 0.15) is 41.7 Å². The van der Waals surface area contributed by atoms with Gasteiger partial charge in [-0.15, -0.1) is 0 Å². The maximum absolute atomic E-state index is 12.7. The number of hydrogen-bond donors (Lipinski definition) is 0. The normalized spacial score (nSPS) is 13.0. The third-order valence-electron chi connectivity index (χ3n) is 7.18. The maximum Gasteiger partial charge on any atom is 0.514 e. The van der Waals surface area contributed by atoms with Crippen LogP contribution in [0, 0.1) is 0 Å². The van der Waals surface area contributed by atoms with Crippen LogP contribution in [0.25, 0.3) is 12.2 Å². The number of carbonyl (C=O) groups excluding carboxylic acids is 6. The minimum atomic E-state index is -1.04. The molecular weight excluding hydrogens is 708 g/mol. The lowest BCUT2D eigenvalue weighted by Crippen LogP contribution is -2.24. The molecule has 0 amide bonds. The number of carbonyl (C=O) groups is 6. The van der Waals surface area contributed by atoms with Crippen molar-refractivity contribution in [1.82, 2.24) is 0 Å². The molecule has 0 fully saturated rings. The highest BCUT2D eigenvalue weighted by molar-refractivity contribution is 5.74. The van der Waals surface area contributed by atoms with Crippen molar-refractivity contribution < 1.29 is 71.4 Å². The fourth-order valence-corrected chi connectivity index (χ4v) is 4.37. The van der Waals surface area contributed by atoms with Crippen molar-refractivity contribution in [2.75, 3.05) is 13.2 Å². The van der Waals surface area contributed by atoms with Crippen LogP contribution in [-0.2, 0) is 42.8 Å². The first kappa shape index (κ1) is 44.6. The van der Waals surface area contributed by atoms with Crippen LogP contribution in [0.4, 0.5) is 14.4 Å². The monoisotopic (exact) mass is 758 g/mol. The van der Waals surface area contributed by atoms with Gasteiger partial charge in [-0.1, -0.05) is 45.1 Å². The molecular formula is C39H50O15. The van der Waals surface area contributed by atoms with E-state index in [9.17, 15) is 28.8 Å². The number of ether oxygens (including phenoxy) is 9. The topological polar surface area (TPSA) is 185 Å². The lowest BCUT2D eigenvalue weighted by molar-refractivity contribution is -0.149. The summed E-state index contributed by atoms with van der Waals surface area (Å²) >= 11 is 0. The summed E-state index contributed by atoms with van der Waals surface area (Å²) in [4.78, 5) is 71.7. The van der Waals surface area contributed by atoms with E-state index in [1.807, 2.05) is 0 Å². The molecule has 15 nitrogen and oxygen atoms in total. The maximum atomic E-state index is 12.7. The van der Waals surface area contributed by atoms with Crippen LogP contribution >= 0.6 is 0 Å². The molecule has 2 aromatic carbocycles. The van der Waals surface area contributed by atoms with Gasteiger partial charge in [0.25, 0.3) is 0 Å². The molecule has 0 aliphatic rings. The minimum Gasteiger partial charge on any atom is -0.466 e.